The number of pyridine rings is 1. The Morgan fingerprint density at radius 3 is 2.07 bits per heavy atom. The van der Waals surface area contributed by atoms with Gasteiger partial charge in [-0.1, -0.05) is 66.7 Å². The van der Waals surface area contributed by atoms with E-state index >= 15 is 0 Å². The van der Waals surface area contributed by atoms with Gasteiger partial charge in [0.05, 0.1) is 15.7 Å². The molecule has 4 aromatic carbocycles. The van der Waals surface area contributed by atoms with E-state index < -0.39 is 0 Å². The van der Waals surface area contributed by atoms with Crippen molar-refractivity contribution in [3.63, 3.8) is 0 Å². The second-order valence-corrected chi connectivity index (χ2v) is 8.66. The first-order chi connectivity index (χ1) is 14.9. The Morgan fingerprint density at radius 1 is 0.600 bits per heavy atom. The van der Waals surface area contributed by atoms with Crippen molar-refractivity contribution in [1.82, 2.24) is 9.55 Å². The van der Waals surface area contributed by atoms with Gasteiger partial charge in [-0.3, -0.25) is 4.57 Å². The lowest BCUT2D eigenvalue weighted by molar-refractivity contribution is 1.08. The fourth-order valence-corrected chi connectivity index (χ4v) is 6.11. The number of thiophene rings is 1. The maximum Gasteiger partial charge on any atom is 0.137 e. The molecule has 0 unspecified atom stereocenters. The average molecular weight is 401 g/mol. The number of para-hydroxylation sites is 1. The molecule has 0 aliphatic heterocycles. The number of nitrogens with zero attached hydrogens (tertiary/aromatic N) is 2. The van der Waals surface area contributed by atoms with Gasteiger partial charge in [0.1, 0.15) is 5.82 Å². The molecule has 7 aromatic rings. The predicted octanol–water partition coefficient (Wildman–Crippen LogP) is 7.70. The Bertz CT molecular complexity index is 1740. The zero-order valence-electron chi connectivity index (χ0n) is 16.0. The molecule has 0 aliphatic rings. The molecule has 2 nitrogen and oxygen atoms in total. The molecule has 0 amide bonds. The molecule has 0 saturated heterocycles. The summed E-state index contributed by atoms with van der Waals surface area (Å²) < 4.78 is 4.99. The van der Waals surface area contributed by atoms with Gasteiger partial charge in [-0.15, -0.1) is 11.3 Å². The van der Waals surface area contributed by atoms with Gasteiger partial charge in [0, 0.05) is 32.4 Å². The fraction of sp³-hybridized carbons (Fsp3) is 0. The van der Waals surface area contributed by atoms with Crippen molar-refractivity contribution in [2.24, 2.45) is 0 Å². The van der Waals surface area contributed by atoms with Crippen LogP contribution >= 0.6 is 11.3 Å². The van der Waals surface area contributed by atoms with Gasteiger partial charge in [0.25, 0.3) is 0 Å². The Labute approximate surface area is 176 Å². The summed E-state index contributed by atoms with van der Waals surface area (Å²) in [6, 6.07) is 32.4. The van der Waals surface area contributed by atoms with Crippen molar-refractivity contribution in [2.75, 3.05) is 0 Å². The molecule has 0 atom stereocenters. The SMILES string of the molecule is c1ccc(-n2c3ccccc3c3c4ccccc4c4c5ccccc5sc4c32)nc1. The highest BCUT2D eigenvalue weighted by Crippen LogP contribution is 2.47. The first-order valence-corrected chi connectivity index (χ1v) is 10.9. The van der Waals surface area contributed by atoms with E-state index in [1.54, 1.807) is 0 Å². The van der Waals surface area contributed by atoms with Crippen molar-refractivity contribution < 1.29 is 0 Å². The van der Waals surface area contributed by atoms with E-state index in [1.807, 2.05) is 23.6 Å². The minimum Gasteiger partial charge on any atom is -0.292 e. The molecular formula is C27H16N2S. The summed E-state index contributed by atoms with van der Waals surface area (Å²) in [4.78, 5) is 4.73. The molecule has 3 aromatic heterocycles. The van der Waals surface area contributed by atoms with Crippen LogP contribution in [-0.4, -0.2) is 9.55 Å². The summed E-state index contributed by atoms with van der Waals surface area (Å²) in [5.41, 5.74) is 2.45. The Balaban J connectivity index is 1.89. The summed E-state index contributed by atoms with van der Waals surface area (Å²) in [6.45, 7) is 0. The maximum atomic E-state index is 4.73. The van der Waals surface area contributed by atoms with E-state index in [0.29, 0.717) is 0 Å². The van der Waals surface area contributed by atoms with E-state index in [4.69, 9.17) is 4.98 Å². The van der Waals surface area contributed by atoms with Crippen molar-refractivity contribution >= 4 is 64.1 Å². The van der Waals surface area contributed by atoms with Crippen molar-refractivity contribution in [2.45, 2.75) is 0 Å². The van der Waals surface area contributed by atoms with Crippen molar-refractivity contribution in [3.8, 4) is 5.82 Å². The van der Waals surface area contributed by atoms with Crippen LogP contribution in [0.4, 0.5) is 0 Å². The van der Waals surface area contributed by atoms with Gasteiger partial charge >= 0.3 is 0 Å². The minimum absolute atomic E-state index is 0.956. The second-order valence-electron chi connectivity index (χ2n) is 7.61. The van der Waals surface area contributed by atoms with E-state index in [0.717, 1.165) is 5.82 Å². The monoisotopic (exact) mass is 400 g/mol. The molecule has 0 N–H and O–H groups in total. The number of benzene rings is 4. The number of fused-ring (bicyclic) bond motifs is 10. The van der Waals surface area contributed by atoms with Crippen LogP contribution in [0.1, 0.15) is 0 Å². The second kappa shape index (κ2) is 5.91. The molecule has 140 valence electrons. The van der Waals surface area contributed by atoms with Crippen LogP contribution < -0.4 is 0 Å². The molecule has 0 aliphatic carbocycles. The normalized spacial score (nSPS) is 12.0. The number of hydrogen-bond acceptors (Lipinski definition) is 2. The summed E-state index contributed by atoms with van der Waals surface area (Å²) in [6.07, 6.45) is 1.87. The maximum absolute atomic E-state index is 4.73. The largest absolute Gasteiger partial charge is 0.292 e. The van der Waals surface area contributed by atoms with Crippen molar-refractivity contribution in [3.05, 3.63) is 97.2 Å². The molecule has 3 heterocycles. The number of hydrogen-bond donors (Lipinski definition) is 0. The number of aromatic nitrogens is 2. The average Bonchev–Trinajstić information content (AvgIpc) is 3.36. The molecule has 0 radical (unpaired) electrons. The molecule has 7 rings (SSSR count). The zero-order valence-corrected chi connectivity index (χ0v) is 16.9. The van der Waals surface area contributed by atoms with Crippen LogP contribution in [0.25, 0.3) is 58.6 Å². The van der Waals surface area contributed by atoms with Gasteiger partial charge in [-0.05, 0) is 35.0 Å². The highest BCUT2D eigenvalue weighted by atomic mass is 32.1. The third-order valence-electron chi connectivity index (χ3n) is 6.03. The quantitative estimate of drug-likeness (QED) is 0.276. The lowest BCUT2D eigenvalue weighted by Gasteiger charge is -2.09. The van der Waals surface area contributed by atoms with E-state index in [1.165, 1.54) is 52.8 Å². The summed E-state index contributed by atoms with van der Waals surface area (Å²) in [5.74, 6) is 0.956. The third kappa shape index (κ3) is 2.00. The molecule has 0 bridgehead atoms. The number of rotatable bonds is 1. The van der Waals surface area contributed by atoms with Gasteiger partial charge in [0.15, 0.2) is 0 Å². The smallest absolute Gasteiger partial charge is 0.137 e. The van der Waals surface area contributed by atoms with Crippen LogP contribution in [0.5, 0.6) is 0 Å². The molecule has 0 saturated carbocycles. The standard InChI is InChI=1S/C27H16N2S/c1-2-10-18-17(9-1)24-19-11-3-5-13-21(19)29(23-15-7-8-16-28-23)26(24)27-25(18)20-12-4-6-14-22(20)30-27/h1-16H. The van der Waals surface area contributed by atoms with Gasteiger partial charge in [-0.2, -0.15) is 0 Å². The molecule has 30 heavy (non-hydrogen) atoms. The summed E-state index contributed by atoms with van der Waals surface area (Å²) in [7, 11) is 0. The third-order valence-corrected chi connectivity index (χ3v) is 7.21. The highest BCUT2D eigenvalue weighted by Gasteiger charge is 2.21. The first kappa shape index (κ1) is 16.1. The van der Waals surface area contributed by atoms with Gasteiger partial charge in [0.2, 0.25) is 0 Å². The van der Waals surface area contributed by atoms with Gasteiger partial charge in [-0.25, -0.2) is 4.98 Å². The molecule has 3 heteroatoms. The zero-order chi connectivity index (χ0) is 19.7. The molecule has 0 fully saturated rings. The summed E-state index contributed by atoms with van der Waals surface area (Å²) >= 11 is 1.88. The first-order valence-electron chi connectivity index (χ1n) is 10.1. The molecular weight excluding hydrogens is 384 g/mol. The van der Waals surface area contributed by atoms with Crippen LogP contribution in [0.3, 0.4) is 0 Å². The van der Waals surface area contributed by atoms with Crippen LogP contribution in [0.2, 0.25) is 0 Å². The lowest BCUT2D eigenvalue weighted by atomic mass is 9.99. The van der Waals surface area contributed by atoms with Crippen LogP contribution in [0, 0.1) is 0 Å². The van der Waals surface area contributed by atoms with Crippen LogP contribution in [0.15, 0.2) is 97.2 Å². The van der Waals surface area contributed by atoms with E-state index in [2.05, 4.69) is 89.5 Å². The lowest BCUT2D eigenvalue weighted by Crippen LogP contribution is -1.96. The molecule has 0 spiro atoms. The Morgan fingerprint density at radius 2 is 1.27 bits per heavy atom. The Hall–Kier alpha value is -3.69. The van der Waals surface area contributed by atoms with Gasteiger partial charge < -0.3 is 0 Å². The van der Waals surface area contributed by atoms with E-state index in [9.17, 15) is 0 Å². The van der Waals surface area contributed by atoms with Crippen LogP contribution in [-0.2, 0) is 0 Å². The highest BCUT2D eigenvalue weighted by molar-refractivity contribution is 7.27. The van der Waals surface area contributed by atoms with Crippen molar-refractivity contribution in [1.29, 1.82) is 0 Å². The predicted molar refractivity (Wildman–Crippen MR) is 129 cm³/mol. The summed E-state index contributed by atoms with van der Waals surface area (Å²) in [5, 5.41) is 7.88. The Kier molecular flexibility index (Phi) is 3.18. The van der Waals surface area contributed by atoms with E-state index in [-0.39, 0.29) is 0 Å². The topological polar surface area (TPSA) is 17.8 Å². The fourth-order valence-electron chi connectivity index (χ4n) is 4.85. The minimum atomic E-state index is 0.956.